The highest BCUT2D eigenvalue weighted by Crippen LogP contribution is 2.36. The lowest BCUT2D eigenvalue weighted by molar-refractivity contribution is -0.139. The number of benzene rings is 3. The molecule has 2 heterocycles. The number of allylic oxidation sites excluding steroid dienone is 1. The fourth-order valence-electron chi connectivity index (χ4n) is 5.19. The van der Waals surface area contributed by atoms with E-state index in [1.54, 1.807) is 70.5 Å². The van der Waals surface area contributed by atoms with E-state index in [-0.39, 0.29) is 30.5 Å². The number of fused-ring (bicyclic) bond motifs is 1. The maximum atomic E-state index is 14.1. The maximum Gasteiger partial charge on any atom is 0.338 e. The van der Waals surface area contributed by atoms with Crippen molar-refractivity contribution in [2.75, 3.05) is 20.8 Å². The summed E-state index contributed by atoms with van der Waals surface area (Å²) in [6.45, 7) is 7.78. The Kier molecular flexibility index (Phi) is 10.1. The number of thiazole rings is 1. The van der Waals surface area contributed by atoms with Crippen LogP contribution in [0.3, 0.4) is 0 Å². The van der Waals surface area contributed by atoms with Gasteiger partial charge in [0.2, 0.25) is 0 Å². The predicted octanol–water partition coefficient (Wildman–Crippen LogP) is 5.05. The monoisotopic (exact) mass is 653 g/mol. The first kappa shape index (κ1) is 33.0. The summed E-state index contributed by atoms with van der Waals surface area (Å²) in [6.07, 6.45) is 1.68. The van der Waals surface area contributed by atoms with Gasteiger partial charge in [0, 0.05) is 0 Å². The van der Waals surface area contributed by atoms with Crippen molar-refractivity contribution in [2.24, 2.45) is 4.99 Å². The van der Waals surface area contributed by atoms with Gasteiger partial charge in [-0.15, -0.1) is 0 Å². The quantitative estimate of drug-likeness (QED) is 0.206. The Morgan fingerprint density at radius 1 is 1.02 bits per heavy atom. The van der Waals surface area contributed by atoms with Crippen LogP contribution < -0.4 is 33.8 Å². The fourth-order valence-corrected chi connectivity index (χ4v) is 6.24. The van der Waals surface area contributed by atoms with Gasteiger partial charge in [0.1, 0.15) is 6.61 Å². The summed E-state index contributed by atoms with van der Waals surface area (Å²) in [5.41, 5.74) is 3.27. The van der Waals surface area contributed by atoms with Crippen LogP contribution in [-0.2, 0) is 16.1 Å². The molecule has 47 heavy (non-hydrogen) atoms. The molecule has 0 saturated carbocycles. The molecule has 0 aliphatic carbocycles. The first-order chi connectivity index (χ1) is 22.7. The zero-order valence-electron chi connectivity index (χ0n) is 27.0. The van der Waals surface area contributed by atoms with E-state index in [1.165, 1.54) is 15.9 Å². The molecule has 0 saturated heterocycles. The van der Waals surface area contributed by atoms with Gasteiger partial charge in [-0.3, -0.25) is 9.36 Å². The van der Waals surface area contributed by atoms with Crippen LogP contribution >= 0.6 is 11.3 Å². The number of ether oxygens (including phenoxy) is 5. The SMILES string of the molecule is CCOC(=O)C1=C(C)N=c2s/c(=C/c3ccc(OCc4ccc(C#N)cc4)c(OC)c3)c(=O)n2[C@@H]1c1ccc(OC(C)C)c(OC)c1. The Morgan fingerprint density at radius 2 is 1.72 bits per heavy atom. The van der Waals surface area contributed by atoms with Gasteiger partial charge >= 0.3 is 5.97 Å². The van der Waals surface area contributed by atoms with Crippen LogP contribution in [0.2, 0.25) is 0 Å². The number of carbonyl (C=O) groups excluding carboxylic acids is 1. The number of rotatable bonds is 11. The topological polar surface area (TPSA) is 121 Å². The number of nitrogens with zero attached hydrogens (tertiary/aromatic N) is 3. The third kappa shape index (κ3) is 7.08. The van der Waals surface area contributed by atoms with E-state index in [0.717, 1.165) is 5.56 Å². The molecule has 0 amide bonds. The molecule has 3 aromatic carbocycles. The first-order valence-corrected chi connectivity index (χ1v) is 15.8. The lowest BCUT2D eigenvalue weighted by Gasteiger charge is -2.25. The highest BCUT2D eigenvalue weighted by Gasteiger charge is 2.34. The molecule has 0 fully saturated rings. The van der Waals surface area contributed by atoms with Crippen LogP contribution in [-0.4, -0.2) is 37.5 Å². The Labute approximate surface area is 276 Å². The van der Waals surface area contributed by atoms with Crippen LogP contribution in [0.4, 0.5) is 0 Å². The van der Waals surface area contributed by atoms with Crippen LogP contribution in [0.1, 0.15) is 56.0 Å². The van der Waals surface area contributed by atoms with Gasteiger partial charge in [-0.1, -0.05) is 35.6 Å². The summed E-state index contributed by atoms with van der Waals surface area (Å²) in [6, 6.07) is 19.2. The predicted molar refractivity (Wildman–Crippen MR) is 178 cm³/mol. The van der Waals surface area contributed by atoms with Gasteiger partial charge in [0.25, 0.3) is 5.56 Å². The molecular formula is C36H35N3O7S. The molecule has 0 bridgehead atoms. The number of esters is 1. The standard InChI is InChI=1S/C36H35N3O7S/c1-7-44-35(41)32-22(4)38-36-39(33(32)26-13-15-28(46-21(2)3)30(18-26)43-6)34(40)31(47-36)17-25-12-14-27(29(16-25)42-5)45-20-24-10-8-23(19-37)9-11-24/h8-18,21,33H,7,20H2,1-6H3/b31-17+/t33-/m1/s1. The van der Waals surface area contributed by atoms with E-state index >= 15 is 0 Å². The highest BCUT2D eigenvalue weighted by molar-refractivity contribution is 7.07. The summed E-state index contributed by atoms with van der Waals surface area (Å²) in [7, 11) is 3.09. The van der Waals surface area contributed by atoms with Crippen molar-refractivity contribution in [3.8, 4) is 29.1 Å². The van der Waals surface area contributed by atoms with Crippen LogP contribution in [0.25, 0.3) is 6.08 Å². The van der Waals surface area contributed by atoms with E-state index in [0.29, 0.717) is 54.7 Å². The van der Waals surface area contributed by atoms with Crippen molar-refractivity contribution >= 4 is 23.4 Å². The minimum atomic E-state index is -0.804. The van der Waals surface area contributed by atoms with Crippen LogP contribution in [0.15, 0.2) is 81.7 Å². The average Bonchev–Trinajstić information content (AvgIpc) is 3.37. The molecule has 11 heteroatoms. The molecule has 0 radical (unpaired) electrons. The Hall–Kier alpha value is -5.34. The molecule has 1 aromatic heterocycles. The molecule has 1 aliphatic heterocycles. The van der Waals surface area contributed by atoms with E-state index in [4.69, 9.17) is 28.9 Å². The second-order valence-electron chi connectivity index (χ2n) is 10.9. The Bertz CT molecular complexity index is 2050. The van der Waals surface area contributed by atoms with E-state index in [1.807, 2.05) is 38.1 Å². The number of hydrogen-bond acceptors (Lipinski definition) is 10. The maximum absolute atomic E-state index is 14.1. The zero-order valence-corrected chi connectivity index (χ0v) is 27.8. The van der Waals surface area contributed by atoms with Crippen molar-refractivity contribution < 1.29 is 28.5 Å². The van der Waals surface area contributed by atoms with Crippen molar-refractivity contribution in [3.63, 3.8) is 0 Å². The van der Waals surface area contributed by atoms with Crippen molar-refractivity contribution in [1.82, 2.24) is 4.57 Å². The second-order valence-corrected chi connectivity index (χ2v) is 11.9. The summed E-state index contributed by atoms with van der Waals surface area (Å²) < 4.78 is 30.5. The molecule has 242 valence electrons. The van der Waals surface area contributed by atoms with Crippen LogP contribution in [0.5, 0.6) is 23.0 Å². The first-order valence-electron chi connectivity index (χ1n) is 15.0. The number of carbonyl (C=O) groups is 1. The van der Waals surface area contributed by atoms with E-state index in [9.17, 15) is 9.59 Å². The largest absolute Gasteiger partial charge is 0.493 e. The zero-order chi connectivity index (χ0) is 33.7. The smallest absolute Gasteiger partial charge is 0.338 e. The summed E-state index contributed by atoms with van der Waals surface area (Å²) in [5, 5.41) is 9.03. The van der Waals surface area contributed by atoms with E-state index in [2.05, 4.69) is 11.1 Å². The molecule has 0 spiro atoms. The fraction of sp³-hybridized carbons (Fsp3) is 0.278. The third-order valence-corrected chi connectivity index (χ3v) is 8.33. The molecule has 5 rings (SSSR count). The molecule has 10 nitrogen and oxygen atoms in total. The summed E-state index contributed by atoms with van der Waals surface area (Å²) >= 11 is 1.23. The van der Waals surface area contributed by atoms with Crippen molar-refractivity contribution in [1.29, 1.82) is 5.26 Å². The van der Waals surface area contributed by atoms with Gasteiger partial charge in [-0.25, -0.2) is 9.79 Å². The minimum absolute atomic E-state index is 0.0774. The summed E-state index contributed by atoms with van der Waals surface area (Å²) in [4.78, 5) is 32.5. The molecule has 0 unspecified atom stereocenters. The van der Waals surface area contributed by atoms with Gasteiger partial charge < -0.3 is 23.7 Å². The normalized spacial score (nSPS) is 14.3. The number of aromatic nitrogens is 1. The van der Waals surface area contributed by atoms with Crippen molar-refractivity contribution in [3.05, 3.63) is 114 Å². The average molecular weight is 654 g/mol. The molecule has 4 aromatic rings. The minimum Gasteiger partial charge on any atom is -0.493 e. The van der Waals surface area contributed by atoms with Gasteiger partial charge in [-0.2, -0.15) is 5.26 Å². The highest BCUT2D eigenvalue weighted by atomic mass is 32.1. The molecule has 0 N–H and O–H groups in total. The Morgan fingerprint density at radius 3 is 2.38 bits per heavy atom. The van der Waals surface area contributed by atoms with E-state index < -0.39 is 12.0 Å². The number of hydrogen-bond donors (Lipinski definition) is 0. The van der Waals surface area contributed by atoms with Crippen LogP contribution in [0, 0.1) is 11.3 Å². The van der Waals surface area contributed by atoms with Gasteiger partial charge in [-0.05, 0) is 86.9 Å². The molecule has 1 atom stereocenters. The molecule has 1 aliphatic rings. The Balaban J connectivity index is 1.55. The number of methoxy groups -OCH3 is 2. The lowest BCUT2D eigenvalue weighted by Crippen LogP contribution is -2.40. The lowest BCUT2D eigenvalue weighted by atomic mass is 9.95. The molecular weight excluding hydrogens is 618 g/mol. The third-order valence-electron chi connectivity index (χ3n) is 7.35. The summed E-state index contributed by atoms with van der Waals surface area (Å²) in [5.74, 6) is 1.51. The van der Waals surface area contributed by atoms with Crippen molar-refractivity contribution in [2.45, 2.75) is 46.4 Å². The van der Waals surface area contributed by atoms with Gasteiger partial charge in [0.05, 0.1) is 60.4 Å². The second kappa shape index (κ2) is 14.4. The van der Waals surface area contributed by atoms with Gasteiger partial charge in [0.15, 0.2) is 27.8 Å². The number of nitriles is 1.